The standard InChI is InChI=1S/C30H42N2O/c1-20-12-14-21(15-13-20)25(27-31(11)16-17-32(27)30(8,9)10)22-18-23(28(2,3)4)26(33)24(19-22)29(5,6)7/h12-19,25H,1-11H3/p+1. The number of benzene rings is 2. The van der Waals surface area contributed by atoms with Gasteiger partial charge in [0.1, 0.15) is 29.6 Å². The highest BCUT2D eigenvalue weighted by molar-refractivity contribution is 5.53. The van der Waals surface area contributed by atoms with Crippen LogP contribution in [0.5, 0.6) is 5.75 Å². The summed E-state index contributed by atoms with van der Waals surface area (Å²) in [6.45, 7) is 21.9. The Bertz CT molecular complexity index is 1100. The van der Waals surface area contributed by atoms with Gasteiger partial charge in [0.2, 0.25) is 0 Å². The van der Waals surface area contributed by atoms with Crippen LogP contribution in [0.1, 0.15) is 102 Å². The van der Waals surface area contributed by atoms with E-state index in [0.29, 0.717) is 5.75 Å². The van der Waals surface area contributed by atoms with Crippen molar-refractivity contribution in [1.29, 1.82) is 0 Å². The van der Waals surface area contributed by atoms with Gasteiger partial charge in [0.05, 0.1) is 7.05 Å². The monoisotopic (exact) mass is 447 g/mol. The quantitative estimate of drug-likeness (QED) is 0.437. The topological polar surface area (TPSA) is 29.0 Å². The molecule has 0 fully saturated rings. The summed E-state index contributed by atoms with van der Waals surface area (Å²) in [4.78, 5) is 0. The fourth-order valence-electron chi connectivity index (χ4n) is 4.62. The Morgan fingerprint density at radius 3 is 1.70 bits per heavy atom. The summed E-state index contributed by atoms with van der Waals surface area (Å²) < 4.78 is 4.63. The number of rotatable bonds is 3. The minimum atomic E-state index is -0.174. The first-order chi connectivity index (χ1) is 15.0. The van der Waals surface area contributed by atoms with Crippen LogP contribution in [-0.2, 0) is 23.4 Å². The van der Waals surface area contributed by atoms with Crippen LogP contribution in [0.2, 0.25) is 0 Å². The third kappa shape index (κ3) is 5.03. The zero-order chi connectivity index (χ0) is 24.9. The second-order valence-corrected chi connectivity index (χ2v) is 12.6. The molecular formula is C30H43N2O+. The van der Waals surface area contributed by atoms with Gasteiger partial charge in [-0.15, -0.1) is 0 Å². The Morgan fingerprint density at radius 1 is 0.788 bits per heavy atom. The van der Waals surface area contributed by atoms with Gasteiger partial charge in [-0.1, -0.05) is 83.5 Å². The number of hydrogen-bond acceptors (Lipinski definition) is 1. The molecule has 1 atom stereocenters. The van der Waals surface area contributed by atoms with E-state index >= 15 is 0 Å². The van der Waals surface area contributed by atoms with E-state index in [2.05, 4.69) is 134 Å². The summed E-state index contributed by atoms with van der Waals surface area (Å²) in [6, 6.07) is 13.4. The van der Waals surface area contributed by atoms with Gasteiger partial charge >= 0.3 is 0 Å². The Kier molecular flexibility index (Phi) is 6.34. The summed E-state index contributed by atoms with van der Waals surface area (Å²) in [5.74, 6) is 1.70. The van der Waals surface area contributed by atoms with Gasteiger partial charge in [-0.2, -0.15) is 0 Å². The number of aryl methyl sites for hydroxylation is 2. The van der Waals surface area contributed by atoms with Gasteiger partial charge in [-0.05, 0) is 60.8 Å². The molecule has 3 heteroatoms. The molecule has 1 heterocycles. The second-order valence-electron chi connectivity index (χ2n) is 12.6. The van der Waals surface area contributed by atoms with Crippen molar-refractivity contribution in [1.82, 2.24) is 4.57 Å². The van der Waals surface area contributed by atoms with E-state index in [1.807, 2.05) is 0 Å². The molecule has 1 unspecified atom stereocenters. The van der Waals surface area contributed by atoms with Crippen LogP contribution in [-0.4, -0.2) is 9.67 Å². The molecule has 0 saturated carbocycles. The van der Waals surface area contributed by atoms with Gasteiger partial charge in [0, 0.05) is 0 Å². The molecule has 3 nitrogen and oxygen atoms in total. The third-order valence-corrected chi connectivity index (χ3v) is 6.52. The first kappa shape index (κ1) is 25.1. The van der Waals surface area contributed by atoms with E-state index in [1.54, 1.807) is 0 Å². The van der Waals surface area contributed by atoms with Crippen molar-refractivity contribution >= 4 is 0 Å². The van der Waals surface area contributed by atoms with Crippen LogP contribution in [0, 0.1) is 6.92 Å². The van der Waals surface area contributed by atoms with Gasteiger partial charge in [-0.25, -0.2) is 9.13 Å². The number of aromatic hydroxyl groups is 1. The number of phenolic OH excluding ortho intramolecular Hbond substituents is 1. The number of aromatic nitrogens is 2. The Labute approximate surface area is 201 Å². The van der Waals surface area contributed by atoms with Crippen molar-refractivity contribution in [2.24, 2.45) is 7.05 Å². The molecule has 0 bridgehead atoms. The second kappa shape index (κ2) is 8.34. The van der Waals surface area contributed by atoms with Gasteiger partial charge in [-0.3, -0.25) is 0 Å². The molecule has 178 valence electrons. The van der Waals surface area contributed by atoms with Crippen LogP contribution in [0.3, 0.4) is 0 Å². The number of nitrogens with zero attached hydrogens (tertiary/aromatic N) is 2. The van der Waals surface area contributed by atoms with Gasteiger partial charge in [0.25, 0.3) is 5.82 Å². The smallest absolute Gasteiger partial charge is 0.268 e. The van der Waals surface area contributed by atoms with Crippen LogP contribution in [0.15, 0.2) is 48.8 Å². The van der Waals surface area contributed by atoms with Crippen molar-refractivity contribution in [2.75, 3.05) is 0 Å². The molecule has 0 aliphatic rings. The van der Waals surface area contributed by atoms with E-state index in [4.69, 9.17) is 0 Å². The number of phenols is 1. The summed E-state index contributed by atoms with van der Waals surface area (Å²) in [5.41, 5.74) is 5.31. The largest absolute Gasteiger partial charge is 0.507 e. The van der Waals surface area contributed by atoms with Crippen molar-refractivity contribution in [3.63, 3.8) is 0 Å². The minimum absolute atomic E-state index is 0.0348. The molecule has 0 aliphatic carbocycles. The fourth-order valence-corrected chi connectivity index (χ4v) is 4.62. The molecule has 33 heavy (non-hydrogen) atoms. The van der Waals surface area contributed by atoms with E-state index in [0.717, 1.165) is 11.1 Å². The van der Waals surface area contributed by atoms with Crippen molar-refractivity contribution < 1.29 is 9.67 Å². The first-order valence-corrected chi connectivity index (χ1v) is 12.0. The number of hydrogen-bond donors (Lipinski definition) is 1. The maximum Gasteiger partial charge on any atom is 0.268 e. The highest BCUT2D eigenvalue weighted by atomic mass is 16.3. The van der Waals surface area contributed by atoms with E-state index in [9.17, 15) is 5.11 Å². The lowest BCUT2D eigenvalue weighted by Gasteiger charge is -2.30. The van der Waals surface area contributed by atoms with Crippen molar-refractivity contribution in [3.05, 3.63) is 82.4 Å². The maximum atomic E-state index is 11.3. The lowest BCUT2D eigenvalue weighted by molar-refractivity contribution is -0.679. The molecule has 0 radical (unpaired) electrons. The average molecular weight is 448 g/mol. The lowest BCUT2D eigenvalue weighted by Crippen LogP contribution is -2.38. The van der Waals surface area contributed by atoms with E-state index < -0.39 is 0 Å². The fraction of sp³-hybridized carbons (Fsp3) is 0.500. The molecule has 1 aromatic heterocycles. The predicted octanol–water partition coefficient (Wildman–Crippen LogP) is 6.86. The SMILES string of the molecule is Cc1ccc(C(c2cc(C(C)(C)C)c(O)c(C(C)(C)C)c2)c2n(C(C)(C)C)cc[n+]2C)cc1. The Hall–Kier alpha value is -2.55. The van der Waals surface area contributed by atoms with Gasteiger partial charge < -0.3 is 5.11 Å². The van der Waals surface area contributed by atoms with Crippen LogP contribution in [0.25, 0.3) is 0 Å². The van der Waals surface area contributed by atoms with Crippen LogP contribution >= 0.6 is 0 Å². The molecule has 0 saturated heterocycles. The summed E-state index contributed by atoms with van der Waals surface area (Å²) in [6.07, 6.45) is 4.34. The molecule has 1 N–H and O–H groups in total. The summed E-state index contributed by atoms with van der Waals surface area (Å²) >= 11 is 0. The molecule has 3 rings (SSSR count). The molecule has 0 aliphatic heterocycles. The molecule has 0 spiro atoms. The van der Waals surface area contributed by atoms with Crippen LogP contribution < -0.4 is 4.57 Å². The van der Waals surface area contributed by atoms with Crippen molar-refractivity contribution in [3.8, 4) is 5.75 Å². The molecule has 2 aromatic carbocycles. The van der Waals surface area contributed by atoms with Gasteiger partial charge in [0.15, 0.2) is 0 Å². The van der Waals surface area contributed by atoms with E-state index in [-0.39, 0.29) is 22.3 Å². The normalized spacial score (nSPS) is 13.9. The van der Waals surface area contributed by atoms with E-state index in [1.165, 1.54) is 22.5 Å². The Morgan fingerprint density at radius 2 is 1.27 bits per heavy atom. The maximum absolute atomic E-state index is 11.3. The lowest BCUT2D eigenvalue weighted by atomic mass is 9.76. The predicted molar refractivity (Wildman–Crippen MR) is 138 cm³/mol. The zero-order valence-corrected chi connectivity index (χ0v) is 22.5. The first-order valence-electron chi connectivity index (χ1n) is 12.0. The molecule has 0 amide bonds. The molecular weight excluding hydrogens is 404 g/mol. The minimum Gasteiger partial charge on any atom is -0.507 e. The molecule has 3 aromatic rings. The average Bonchev–Trinajstić information content (AvgIpc) is 3.04. The van der Waals surface area contributed by atoms with Crippen molar-refractivity contribution in [2.45, 2.75) is 91.5 Å². The highest BCUT2D eigenvalue weighted by Crippen LogP contribution is 2.43. The highest BCUT2D eigenvalue weighted by Gasteiger charge is 2.36. The summed E-state index contributed by atoms with van der Waals surface area (Å²) in [7, 11) is 2.13. The zero-order valence-electron chi connectivity index (χ0n) is 22.5. The third-order valence-electron chi connectivity index (χ3n) is 6.52. The summed E-state index contributed by atoms with van der Waals surface area (Å²) in [5, 5.41) is 11.3. The number of imidazole rings is 1. The van der Waals surface area contributed by atoms with Crippen LogP contribution in [0.4, 0.5) is 0 Å². The Balaban J connectivity index is 2.43.